The zero-order valence-electron chi connectivity index (χ0n) is 26.6. The molecule has 1 heterocycles. The van der Waals surface area contributed by atoms with Crippen molar-refractivity contribution in [2.45, 2.75) is 123 Å². The van der Waals surface area contributed by atoms with Crippen molar-refractivity contribution in [3.8, 4) is 0 Å². The van der Waals surface area contributed by atoms with Gasteiger partial charge in [-0.05, 0) is 56.7 Å². The quantitative estimate of drug-likeness (QED) is 0.166. The van der Waals surface area contributed by atoms with E-state index in [4.69, 9.17) is 28.4 Å². The first kappa shape index (κ1) is 35.6. The Balaban J connectivity index is 2.28. The molecule has 1 aliphatic rings. The van der Waals surface area contributed by atoms with E-state index in [1.807, 2.05) is 31.2 Å². The van der Waals surface area contributed by atoms with Gasteiger partial charge in [0.2, 0.25) is 0 Å². The lowest BCUT2D eigenvalue weighted by Gasteiger charge is -2.51. The Morgan fingerprint density at radius 3 is 1.95 bits per heavy atom. The summed E-state index contributed by atoms with van der Waals surface area (Å²) < 4.78 is 39.0. The van der Waals surface area contributed by atoms with E-state index in [-0.39, 0.29) is 24.2 Å². The molecule has 0 saturated carbocycles. The predicted molar refractivity (Wildman–Crippen MR) is 162 cm³/mol. The lowest BCUT2D eigenvalue weighted by atomic mass is 9.92. The van der Waals surface area contributed by atoms with Crippen LogP contribution in [0.25, 0.3) is 0 Å². The fourth-order valence-corrected chi connectivity index (χ4v) is 4.86. The molecule has 1 saturated heterocycles. The molecular formula is C33H57NO7. The van der Waals surface area contributed by atoms with Crippen LogP contribution in [0.15, 0.2) is 24.3 Å². The van der Waals surface area contributed by atoms with E-state index in [0.29, 0.717) is 51.6 Å². The molecule has 0 radical (unpaired) electrons. The summed E-state index contributed by atoms with van der Waals surface area (Å²) in [5.41, 5.74) is 1.72. The molecule has 1 aromatic carbocycles. The average molecular weight is 580 g/mol. The predicted octanol–water partition coefficient (Wildman–Crippen LogP) is 6.09. The molecule has 1 N–H and O–H groups in total. The van der Waals surface area contributed by atoms with Gasteiger partial charge >= 0.3 is 0 Å². The highest BCUT2D eigenvalue weighted by molar-refractivity contribution is 5.93. The van der Waals surface area contributed by atoms with E-state index in [0.717, 1.165) is 56.9 Å². The van der Waals surface area contributed by atoms with Crippen molar-refractivity contribution in [1.29, 1.82) is 0 Å². The first-order valence-corrected chi connectivity index (χ1v) is 16.0. The van der Waals surface area contributed by atoms with Crippen molar-refractivity contribution in [2.75, 3.05) is 46.7 Å². The van der Waals surface area contributed by atoms with Gasteiger partial charge < -0.3 is 33.7 Å². The minimum absolute atomic E-state index is 0.0972. The van der Waals surface area contributed by atoms with Gasteiger partial charge in [-0.3, -0.25) is 4.79 Å². The number of hydrogen-bond donors (Lipinski definition) is 1. The molecule has 0 aromatic heterocycles. The number of benzene rings is 1. The highest BCUT2D eigenvalue weighted by Crippen LogP contribution is 2.37. The molecule has 1 aliphatic heterocycles. The minimum atomic E-state index is -1.05. The number of unbranched alkanes of at least 4 members (excludes halogenated alkanes) is 4. The molecular weight excluding hydrogens is 522 g/mol. The lowest BCUT2D eigenvalue weighted by molar-refractivity contribution is -0.372. The van der Waals surface area contributed by atoms with E-state index >= 15 is 0 Å². The van der Waals surface area contributed by atoms with Crippen LogP contribution in [0.1, 0.15) is 102 Å². The summed E-state index contributed by atoms with van der Waals surface area (Å²) in [7, 11) is 1.63. The second-order valence-electron chi connectivity index (χ2n) is 11.0. The Bertz CT molecular complexity index is 820. The van der Waals surface area contributed by atoms with Crippen LogP contribution in [-0.2, 0) is 34.8 Å². The van der Waals surface area contributed by atoms with Crippen LogP contribution in [0, 0.1) is 0 Å². The van der Waals surface area contributed by atoms with Crippen molar-refractivity contribution in [3.63, 3.8) is 0 Å². The standard InChI is InChI=1S/C33H57NO7/c1-7-11-20-36-25-28-29(37-21-12-8-2)30(38-22-13-9-3)31(39-23-14-10-4)33(5,41-28)40-24-19-26-15-17-27(18-16-26)32(35)34-6/h15-18,28-31H,7-14,19-25H2,1-6H3,(H,34,35)/t28-,29-,30+,31+,33+/m1/s1. The summed E-state index contributed by atoms with van der Waals surface area (Å²) in [6, 6.07) is 7.60. The van der Waals surface area contributed by atoms with Crippen LogP contribution >= 0.6 is 0 Å². The summed E-state index contributed by atoms with van der Waals surface area (Å²) >= 11 is 0. The van der Waals surface area contributed by atoms with Crippen molar-refractivity contribution in [1.82, 2.24) is 5.32 Å². The average Bonchev–Trinajstić information content (AvgIpc) is 2.98. The van der Waals surface area contributed by atoms with Gasteiger partial charge in [0, 0.05) is 39.0 Å². The third kappa shape index (κ3) is 11.9. The van der Waals surface area contributed by atoms with Crippen LogP contribution in [0.3, 0.4) is 0 Å². The van der Waals surface area contributed by atoms with Gasteiger partial charge in [0.05, 0.1) is 13.2 Å². The summed E-state index contributed by atoms with van der Waals surface area (Å²) in [4.78, 5) is 11.9. The molecule has 41 heavy (non-hydrogen) atoms. The van der Waals surface area contributed by atoms with Crippen molar-refractivity contribution in [2.24, 2.45) is 0 Å². The number of hydrogen-bond acceptors (Lipinski definition) is 7. The van der Waals surface area contributed by atoms with Crippen molar-refractivity contribution >= 4 is 5.91 Å². The maximum Gasteiger partial charge on any atom is 0.251 e. The van der Waals surface area contributed by atoms with Gasteiger partial charge in [-0.1, -0.05) is 65.5 Å². The number of ether oxygens (including phenoxy) is 6. The molecule has 5 atom stereocenters. The van der Waals surface area contributed by atoms with Crippen LogP contribution < -0.4 is 5.32 Å². The normalized spacial score (nSPS) is 24.4. The first-order chi connectivity index (χ1) is 19.9. The first-order valence-electron chi connectivity index (χ1n) is 16.0. The lowest BCUT2D eigenvalue weighted by Crippen LogP contribution is -2.67. The number of amides is 1. The molecule has 1 amide bonds. The third-order valence-electron chi connectivity index (χ3n) is 7.45. The summed E-state index contributed by atoms with van der Waals surface area (Å²) in [5.74, 6) is -1.14. The monoisotopic (exact) mass is 579 g/mol. The highest BCUT2D eigenvalue weighted by atomic mass is 16.7. The maximum absolute atomic E-state index is 11.9. The van der Waals surface area contributed by atoms with E-state index in [2.05, 4.69) is 33.0 Å². The van der Waals surface area contributed by atoms with Gasteiger partial charge in [0.25, 0.3) is 5.91 Å². The van der Waals surface area contributed by atoms with E-state index in [9.17, 15) is 4.79 Å². The van der Waals surface area contributed by atoms with Crippen LogP contribution in [0.2, 0.25) is 0 Å². The smallest absolute Gasteiger partial charge is 0.251 e. The molecule has 8 nitrogen and oxygen atoms in total. The van der Waals surface area contributed by atoms with Crippen molar-refractivity contribution < 1.29 is 33.2 Å². The van der Waals surface area contributed by atoms with Gasteiger partial charge in [-0.15, -0.1) is 0 Å². The molecule has 236 valence electrons. The topological polar surface area (TPSA) is 84.5 Å². The Hall–Kier alpha value is -1.55. The van der Waals surface area contributed by atoms with E-state index in [1.54, 1.807) is 7.05 Å². The number of nitrogens with one attached hydrogen (secondary N) is 1. The van der Waals surface area contributed by atoms with Gasteiger partial charge in [0.1, 0.15) is 24.4 Å². The number of carbonyl (C=O) groups is 1. The zero-order valence-corrected chi connectivity index (χ0v) is 26.6. The Morgan fingerprint density at radius 2 is 1.37 bits per heavy atom. The van der Waals surface area contributed by atoms with Crippen LogP contribution in [0.5, 0.6) is 0 Å². The third-order valence-corrected chi connectivity index (χ3v) is 7.45. The Morgan fingerprint density at radius 1 is 0.805 bits per heavy atom. The molecule has 0 bridgehead atoms. The molecule has 1 fully saturated rings. The van der Waals surface area contributed by atoms with Crippen molar-refractivity contribution in [3.05, 3.63) is 35.4 Å². The van der Waals surface area contributed by atoms with Crippen LogP contribution in [-0.4, -0.2) is 82.8 Å². The fourth-order valence-electron chi connectivity index (χ4n) is 4.86. The van der Waals surface area contributed by atoms with Crippen LogP contribution in [0.4, 0.5) is 0 Å². The summed E-state index contributed by atoms with van der Waals surface area (Å²) in [6.07, 6.45) is 7.26. The minimum Gasteiger partial charge on any atom is -0.379 e. The SMILES string of the molecule is CCCCOC[C@H]1O[C@](C)(OCCc2ccc(C(=O)NC)cc2)[C@@H](OCCCC)[C@@H](OCCCC)[C@@H]1OCCCC. The van der Waals surface area contributed by atoms with Gasteiger partial charge in [-0.25, -0.2) is 0 Å². The Kier molecular flexibility index (Phi) is 17.7. The molecule has 2 rings (SSSR count). The fraction of sp³-hybridized carbons (Fsp3) is 0.788. The second kappa shape index (κ2) is 20.4. The summed E-state index contributed by atoms with van der Waals surface area (Å²) in [6.45, 7) is 14.0. The van der Waals surface area contributed by atoms with Gasteiger partial charge in [-0.2, -0.15) is 0 Å². The highest BCUT2D eigenvalue weighted by Gasteiger charge is 2.55. The number of rotatable bonds is 22. The second-order valence-corrected chi connectivity index (χ2v) is 11.0. The molecule has 0 spiro atoms. The number of carbonyl (C=O) groups excluding carboxylic acids is 1. The van der Waals surface area contributed by atoms with E-state index in [1.165, 1.54) is 0 Å². The molecule has 0 unspecified atom stereocenters. The van der Waals surface area contributed by atoms with E-state index < -0.39 is 11.9 Å². The largest absolute Gasteiger partial charge is 0.379 e. The Labute approximate surface area is 249 Å². The maximum atomic E-state index is 11.9. The molecule has 0 aliphatic carbocycles. The van der Waals surface area contributed by atoms with Gasteiger partial charge in [0.15, 0.2) is 5.79 Å². The zero-order chi connectivity index (χ0) is 29.9. The molecule has 1 aromatic rings. The molecule has 8 heteroatoms. The summed E-state index contributed by atoms with van der Waals surface area (Å²) in [5, 5.41) is 2.66.